The third-order valence-electron chi connectivity index (χ3n) is 3.98. The summed E-state index contributed by atoms with van der Waals surface area (Å²) in [5.41, 5.74) is 2.96. The van der Waals surface area contributed by atoms with Crippen molar-refractivity contribution in [1.29, 1.82) is 0 Å². The monoisotopic (exact) mass is 361 g/mol. The number of benzene rings is 2. The highest BCUT2D eigenvalue weighted by molar-refractivity contribution is 7.13. The molecule has 2 heterocycles. The lowest BCUT2D eigenvalue weighted by molar-refractivity contribution is 0.102. The lowest BCUT2D eigenvalue weighted by Gasteiger charge is -2.11. The summed E-state index contributed by atoms with van der Waals surface area (Å²) in [6, 6.07) is 17.1. The number of fused-ring (bicyclic) bond motifs is 1. The summed E-state index contributed by atoms with van der Waals surface area (Å²) in [7, 11) is 1.60. The molecule has 2 aromatic heterocycles. The summed E-state index contributed by atoms with van der Waals surface area (Å²) in [6.45, 7) is 0. The van der Waals surface area contributed by atoms with E-state index in [9.17, 15) is 4.79 Å². The van der Waals surface area contributed by atoms with E-state index in [-0.39, 0.29) is 5.91 Å². The van der Waals surface area contributed by atoms with E-state index in [1.54, 1.807) is 19.4 Å². The van der Waals surface area contributed by atoms with Gasteiger partial charge in [-0.05, 0) is 24.3 Å². The Hall–Kier alpha value is -3.25. The fourth-order valence-electron chi connectivity index (χ4n) is 2.73. The molecule has 4 rings (SSSR count). The van der Waals surface area contributed by atoms with Crippen LogP contribution < -0.4 is 10.1 Å². The number of aromatic nitrogens is 2. The molecule has 0 aliphatic carbocycles. The molecular weight excluding hydrogens is 346 g/mol. The molecule has 4 aromatic rings. The summed E-state index contributed by atoms with van der Waals surface area (Å²) >= 11 is 1.38. The molecule has 0 unspecified atom stereocenters. The zero-order chi connectivity index (χ0) is 17.9. The number of methoxy groups -OCH3 is 1. The van der Waals surface area contributed by atoms with E-state index in [1.807, 2.05) is 53.9 Å². The van der Waals surface area contributed by atoms with Gasteiger partial charge in [0.2, 0.25) is 0 Å². The molecule has 0 spiro atoms. The molecule has 0 atom stereocenters. The maximum absolute atomic E-state index is 12.9. The van der Waals surface area contributed by atoms with Crippen LogP contribution in [0.25, 0.3) is 22.2 Å². The molecule has 0 bridgehead atoms. The van der Waals surface area contributed by atoms with Gasteiger partial charge in [-0.2, -0.15) is 0 Å². The van der Waals surface area contributed by atoms with E-state index < -0.39 is 0 Å². The van der Waals surface area contributed by atoms with Gasteiger partial charge in [-0.15, -0.1) is 11.3 Å². The molecule has 5 nitrogen and oxygen atoms in total. The number of carbonyl (C=O) groups is 1. The van der Waals surface area contributed by atoms with Crippen LogP contribution in [0.2, 0.25) is 0 Å². The Balaban J connectivity index is 1.87. The second-order valence-corrected chi connectivity index (χ2v) is 6.49. The maximum Gasteiger partial charge on any atom is 0.258 e. The largest absolute Gasteiger partial charge is 0.497 e. The lowest BCUT2D eigenvalue weighted by atomic mass is 10.0. The van der Waals surface area contributed by atoms with E-state index in [4.69, 9.17) is 9.72 Å². The number of rotatable bonds is 4. The number of carbonyl (C=O) groups excluding carboxylic acids is 1. The van der Waals surface area contributed by atoms with Gasteiger partial charge < -0.3 is 4.74 Å². The summed E-state index contributed by atoms with van der Waals surface area (Å²) in [4.78, 5) is 21.7. The molecule has 0 aliphatic rings. The van der Waals surface area contributed by atoms with Gasteiger partial charge in [0.15, 0.2) is 5.13 Å². The van der Waals surface area contributed by atoms with Crippen molar-refractivity contribution in [2.75, 3.05) is 12.4 Å². The molecule has 1 amide bonds. The van der Waals surface area contributed by atoms with Crippen LogP contribution in [0.1, 0.15) is 10.4 Å². The first-order chi connectivity index (χ1) is 12.7. The SMILES string of the molecule is COc1ccc2nc(-c3ccccc3)cc(C(=O)Nc3nccs3)c2c1. The zero-order valence-corrected chi connectivity index (χ0v) is 14.8. The smallest absolute Gasteiger partial charge is 0.258 e. The van der Waals surface area contributed by atoms with Gasteiger partial charge in [-0.1, -0.05) is 30.3 Å². The van der Waals surface area contributed by atoms with Gasteiger partial charge in [-0.25, -0.2) is 9.97 Å². The van der Waals surface area contributed by atoms with Gasteiger partial charge in [0.25, 0.3) is 5.91 Å². The van der Waals surface area contributed by atoms with E-state index in [0.29, 0.717) is 16.4 Å². The Bertz CT molecular complexity index is 1060. The third kappa shape index (κ3) is 3.14. The standard InChI is InChI=1S/C20H15N3O2S/c1-25-14-7-8-17-15(11-14)16(19(24)23-20-21-9-10-26-20)12-18(22-17)13-5-3-2-4-6-13/h2-12H,1H3,(H,21,23,24). The van der Waals surface area contributed by atoms with E-state index in [1.165, 1.54) is 11.3 Å². The number of ether oxygens (including phenoxy) is 1. The second-order valence-electron chi connectivity index (χ2n) is 5.60. The van der Waals surface area contributed by atoms with E-state index in [0.717, 1.165) is 22.2 Å². The predicted octanol–water partition coefficient (Wildman–Crippen LogP) is 4.62. The van der Waals surface area contributed by atoms with Gasteiger partial charge in [0, 0.05) is 22.5 Å². The lowest BCUT2D eigenvalue weighted by Crippen LogP contribution is -2.13. The van der Waals surface area contributed by atoms with Gasteiger partial charge in [0.1, 0.15) is 5.75 Å². The Kier molecular flexibility index (Phi) is 4.33. The van der Waals surface area contributed by atoms with Crippen molar-refractivity contribution >= 4 is 33.3 Å². The zero-order valence-electron chi connectivity index (χ0n) is 14.0. The third-order valence-corrected chi connectivity index (χ3v) is 4.67. The van der Waals surface area contributed by atoms with Crippen LogP contribution >= 0.6 is 11.3 Å². The first-order valence-electron chi connectivity index (χ1n) is 7.99. The van der Waals surface area contributed by atoms with Crippen LogP contribution in [0.5, 0.6) is 5.75 Å². The van der Waals surface area contributed by atoms with Crippen LogP contribution in [-0.4, -0.2) is 23.0 Å². The Morgan fingerprint density at radius 1 is 1.12 bits per heavy atom. The summed E-state index contributed by atoms with van der Waals surface area (Å²) < 4.78 is 5.31. The molecule has 0 aliphatic heterocycles. The minimum absolute atomic E-state index is 0.224. The minimum Gasteiger partial charge on any atom is -0.497 e. The van der Waals surface area contributed by atoms with Crippen molar-refractivity contribution in [3.8, 4) is 17.0 Å². The fraction of sp³-hybridized carbons (Fsp3) is 0.0500. The molecule has 26 heavy (non-hydrogen) atoms. The van der Waals surface area contributed by atoms with Gasteiger partial charge in [0.05, 0.1) is 23.9 Å². The first kappa shape index (κ1) is 16.2. The van der Waals surface area contributed by atoms with E-state index >= 15 is 0 Å². The van der Waals surface area contributed by atoms with Crippen molar-refractivity contribution in [3.05, 3.63) is 71.7 Å². The van der Waals surface area contributed by atoms with Crippen molar-refractivity contribution in [3.63, 3.8) is 0 Å². The molecule has 0 radical (unpaired) electrons. The van der Waals surface area contributed by atoms with Crippen molar-refractivity contribution in [2.24, 2.45) is 0 Å². The number of pyridine rings is 1. The van der Waals surface area contributed by atoms with Gasteiger partial charge in [-0.3, -0.25) is 10.1 Å². The number of hydrogen-bond acceptors (Lipinski definition) is 5. The quantitative estimate of drug-likeness (QED) is 0.576. The second kappa shape index (κ2) is 6.93. The summed E-state index contributed by atoms with van der Waals surface area (Å²) in [5.74, 6) is 0.452. The highest BCUT2D eigenvalue weighted by Crippen LogP contribution is 2.28. The Morgan fingerprint density at radius 2 is 1.96 bits per heavy atom. The van der Waals surface area contributed by atoms with Gasteiger partial charge >= 0.3 is 0 Å². The van der Waals surface area contributed by atoms with Crippen LogP contribution in [0.15, 0.2) is 66.2 Å². The first-order valence-corrected chi connectivity index (χ1v) is 8.87. The van der Waals surface area contributed by atoms with Crippen molar-refractivity contribution in [1.82, 2.24) is 9.97 Å². The number of nitrogens with one attached hydrogen (secondary N) is 1. The van der Waals surface area contributed by atoms with Crippen molar-refractivity contribution in [2.45, 2.75) is 0 Å². The Labute approximate surface area is 154 Å². The normalized spacial score (nSPS) is 10.7. The number of amides is 1. The van der Waals surface area contributed by atoms with E-state index in [2.05, 4.69) is 10.3 Å². The molecular formula is C20H15N3O2S. The topological polar surface area (TPSA) is 64.1 Å². The predicted molar refractivity (Wildman–Crippen MR) is 104 cm³/mol. The molecule has 0 fully saturated rings. The molecule has 0 saturated heterocycles. The average Bonchev–Trinajstić information content (AvgIpc) is 3.20. The average molecular weight is 361 g/mol. The van der Waals surface area contributed by atoms with Crippen LogP contribution in [0.4, 0.5) is 5.13 Å². The van der Waals surface area contributed by atoms with Crippen LogP contribution in [0, 0.1) is 0 Å². The molecule has 0 saturated carbocycles. The maximum atomic E-state index is 12.9. The minimum atomic E-state index is -0.224. The highest BCUT2D eigenvalue weighted by atomic mass is 32.1. The van der Waals surface area contributed by atoms with Crippen LogP contribution in [-0.2, 0) is 0 Å². The highest BCUT2D eigenvalue weighted by Gasteiger charge is 2.16. The summed E-state index contributed by atoms with van der Waals surface area (Å²) in [6.07, 6.45) is 1.66. The summed E-state index contributed by atoms with van der Waals surface area (Å²) in [5, 5.41) is 5.96. The van der Waals surface area contributed by atoms with Crippen molar-refractivity contribution < 1.29 is 9.53 Å². The molecule has 128 valence electrons. The fourth-order valence-corrected chi connectivity index (χ4v) is 3.25. The van der Waals surface area contributed by atoms with Crippen LogP contribution in [0.3, 0.4) is 0 Å². The molecule has 1 N–H and O–H groups in total. The molecule has 2 aromatic carbocycles. The number of hydrogen-bond donors (Lipinski definition) is 1. The number of thiazole rings is 1. The molecule has 6 heteroatoms. The number of nitrogens with zero attached hydrogens (tertiary/aromatic N) is 2. The Morgan fingerprint density at radius 3 is 2.69 bits per heavy atom. The number of anilines is 1.